The maximum Gasteiger partial charge on any atom is 0.268 e. The van der Waals surface area contributed by atoms with E-state index in [1.54, 1.807) is 18.2 Å². The SMILES string of the molecule is COc1ccc(OC)c(S(=O)(=O)N2CCC(O)c3cc(C)ccc32)c1. The van der Waals surface area contributed by atoms with Gasteiger partial charge in [-0.1, -0.05) is 17.7 Å². The fraction of sp³-hybridized carbons (Fsp3) is 0.333. The van der Waals surface area contributed by atoms with Crippen molar-refractivity contribution in [3.63, 3.8) is 0 Å². The van der Waals surface area contributed by atoms with Gasteiger partial charge in [0, 0.05) is 18.2 Å². The molecule has 134 valence electrons. The number of hydrogen-bond donors (Lipinski definition) is 1. The van der Waals surface area contributed by atoms with E-state index in [4.69, 9.17) is 9.47 Å². The van der Waals surface area contributed by atoms with E-state index in [1.807, 2.05) is 19.1 Å². The number of sulfonamides is 1. The smallest absolute Gasteiger partial charge is 0.268 e. The third-order valence-corrected chi connectivity index (χ3v) is 6.19. The van der Waals surface area contributed by atoms with Crippen molar-refractivity contribution in [3.05, 3.63) is 47.5 Å². The Morgan fingerprint density at radius 3 is 2.56 bits per heavy atom. The number of anilines is 1. The van der Waals surface area contributed by atoms with Crippen molar-refractivity contribution in [2.75, 3.05) is 25.1 Å². The second kappa shape index (κ2) is 6.57. The summed E-state index contributed by atoms with van der Waals surface area (Å²) in [7, 11) is -0.961. The molecule has 0 bridgehead atoms. The zero-order valence-corrected chi connectivity index (χ0v) is 15.2. The van der Waals surface area contributed by atoms with Crippen LogP contribution in [0.2, 0.25) is 0 Å². The monoisotopic (exact) mass is 363 g/mol. The molecule has 7 heteroatoms. The van der Waals surface area contributed by atoms with Crippen molar-refractivity contribution >= 4 is 15.7 Å². The number of fused-ring (bicyclic) bond motifs is 1. The average molecular weight is 363 g/mol. The van der Waals surface area contributed by atoms with Crippen molar-refractivity contribution in [1.82, 2.24) is 0 Å². The summed E-state index contributed by atoms with van der Waals surface area (Å²) >= 11 is 0. The Labute approximate surface area is 147 Å². The number of ether oxygens (including phenoxy) is 2. The summed E-state index contributed by atoms with van der Waals surface area (Å²) in [5.74, 6) is 0.682. The molecule has 0 fully saturated rings. The summed E-state index contributed by atoms with van der Waals surface area (Å²) < 4.78 is 38.3. The van der Waals surface area contributed by atoms with Crippen LogP contribution in [0.5, 0.6) is 11.5 Å². The molecule has 0 amide bonds. The predicted molar refractivity (Wildman–Crippen MR) is 94.8 cm³/mol. The third kappa shape index (κ3) is 3.05. The summed E-state index contributed by atoms with van der Waals surface area (Å²) in [6.07, 6.45) is -0.337. The van der Waals surface area contributed by atoms with Crippen molar-refractivity contribution in [2.24, 2.45) is 0 Å². The summed E-state index contributed by atoms with van der Waals surface area (Å²) in [4.78, 5) is 0.0391. The van der Waals surface area contributed by atoms with Crippen LogP contribution < -0.4 is 13.8 Å². The molecule has 0 aromatic heterocycles. The van der Waals surface area contributed by atoms with Crippen LogP contribution in [0.15, 0.2) is 41.3 Å². The van der Waals surface area contributed by atoms with E-state index < -0.39 is 16.1 Å². The highest BCUT2D eigenvalue weighted by Gasteiger charge is 2.34. The molecule has 0 radical (unpaired) electrons. The van der Waals surface area contributed by atoms with Gasteiger partial charge in [-0.3, -0.25) is 4.31 Å². The van der Waals surface area contributed by atoms with Gasteiger partial charge in [0.25, 0.3) is 10.0 Å². The maximum atomic E-state index is 13.3. The molecular weight excluding hydrogens is 342 g/mol. The van der Waals surface area contributed by atoms with Gasteiger partial charge in [-0.05, 0) is 31.5 Å². The summed E-state index contributed by atoms with van der Waals surface area (Å²) in [6, 6.07) is 10.1. The first kappa shape index (κ1) is 17.6. The zero-order valence-electron chi connectivity index (χ0n) is 14.4. The Kier molecular flexibility index (Phi) is 4.62. The van der Waals surface area contributed by atoms with Crippen molar-refractivity contribution in [3.8, 4) is 11.5 Å². The minimum Gasteiger partial charge on any atom is -0.497 e. The number of aryl methyl sites for hydroxylation is 1. The van der Waals surface area contributed by atoms with E-state index in [9.17, 15) is 13.5 Å². The van der Waals surface area contributed by atoms with Crippen molar-refractivity contribution < 1.29 is 23.0 Å². The highest BCUT2D eigenvalue weighted by atomic mass is 32.2. The number of methoxy groups -OCH3 is 2. The lowest BCUT2D eigenvalue weighted by Crippen LogP contribution is -2.37. The molecular formula is C18H21NO5S. The van der Waals surface area contributed by atoms with Crippen LogP contribution in [0.3, 0.4) is 0 Å². The molecule has 0 aliphatic carbocycles. The lowest BCUT2D eigenvalue weighted by atomic mass is 9.99. The van der Waals surface area contributed by atoms with E-state index in [0.29, 0.717) is 23.4 Å². The van der Waals surface area contributed by atoms with Crippen LogP contribution in [-0.4, -0.2) is 34.3 Å². The second-order valence-corrected chi connectivity index (χ2v) is 7.79. The van der Waals surface area contributed by atoms with Crippen molar-refractivity contribution in [2.45, 2.75) is 24.3 Å². The van der Waals surface area contributed by atoms with E-state index in [-0.39, 0.29) is 17.2 Å². The zero-order chi connectivity index (χ0) is 18.2. The minimum atomic E-state index is -3.87. The van der Waals surface area contributed by atoms with Crippen molar-refractivity contribution in [1.29, 1.82) is 0 Å². The quantitative estimate of drug-likeness (QED) is 0.904. The summed E-state index contributed by atoms with van der Waals surface area (Å²) in [6.45, 7) is 2.10. The summed E-state index contributed by atoms with van der Waals surface area (Å²) in [5.41, 5.74) is 2.09. The Morgan fingerprint density at radius 1 is 1.12 bits per heavy atom. The van der Waals surface area contributed by atoms with Gasteiger partial charge in [-0.25, -0.2) is 8.42 Å². The largest absolute Gasteiger partial charge is 0.497 e. The predicted octanol–water partition coefficient (Wildman–Crippen LogP) is 2.64. The molecule has 25 heavy (non-hydrogen) atoms. The Balaban J connectivity index is 2.15. The Morgan fingerprint density at radius 2 is 1.88 bits per heavy atom. The van der Waals surface area contributed by atoms with Gasteiger partial charge in [0.15, 0.2) is 0 Å². The van der Waals surface area contributed by atoms with Crippen LogP contribution in [0, 0.1) is 6.92 Å². The van der Waals surface area contributed by atoms with Gasteiger partial charge in [0.2, 0.25) is 0 Å². The van der Waals surface area contributed by atoms with Gasteiger partial charge in [0.05, 0.1) is 26.0 Å². The van der Waals surface area contributed by atoms with E-state index in [1.165, 1.54) is 24.6 Å². The lowest BCUT2D eigenvalue weighted by molar-refractivity contribution is 0.166. The van der Waals surface area contributed by atoms with E-state index in [0.717, 1.165) is 5.56 Å². The molecule has 1 N–H and O–H groups in total. The molecule has 0 spiro atoms. The number of aliphatic hydroxyl groups excluding tert-OH is 1. The molecule has 3 rings (SSSR count). The molecule has 0 saturated heterocycles. The normalized spacial score (nSPS) is 17.1. The Hall–Kier alpha value is -2.25. The number of nitrogens with zero attached hydrogens (tertiary/aromatic N) is 1. The molecule has 1 unspecified atom stereocenters. The maximum absolute atomic E-state index is 13.3. The third-order valence-electron chi connectivity index (χ3n) is 4.36. The molecule has 1 aliphatic rings. The topological polar surface area (TPSA) is 76.1 Å². The molecule has 2 aromatic carbocycles. The standard InChI is InChI=1S/C18H21NO5S/c1-12-4-6-15-14(10-12)16(20)8-9-19(15)25(21,22)18-11-13(23-2)5-7-17(18)24-3/h4-7,10-11,16,20H,8-9H2,1-3H3. The first-order chi connectivity index (χ1) is 11.9. The van der Waals surface area contributed by atoms with E-state index in [2.05, 4.69) is 0 Å². The number of aliphatic hydroxyl groups is 1. The van der Waals surface area contributed by atoms with Gasteiger partial charge in [0.1, 0.15) is 16.4 Å². The molecule has 1 atom stereocenters. The van der Waals surface area contributed by atoms with Gasteiger partial charge < -0.3 is 14.6 Å². The van der Waals surface area contributed by atoms with Gasteiger partial charge >= 0.3 is 0 Å². The van der Waals surface area contributed by atoms with Crippen LogP contribution in [0.1, 0.15) is 23.7 Å². The molecule has 0 saturated carbocycles. The average Bonchev–Trinajstić information content (AvgIpc) is 2.61. The van der Waals surface area contributed by atoms with Crippen LogP contribution in [0.25, 0.3) is 0 Å². The van der Waals surface area contributed by atoms with E-state index >= 15 is 0 Å². The highest BCUT2D eigenvalue weighted by molar-refractivity contribution is 7.93. The number of hydrogen-bond acceptors (Lipinski definition) is 5. The first-order valence-corrected chi connectivity index (χ1v) is 9.36. The number of benzene rings is 2. The lowest BCUT2D eigenvalue weighted by Gasteiger charge is -2.33. The first-order valence-electron chi connectivity index (χ1n) is 7.92. The van der Waals surface area contributed by atoms with Crippen LogP contribution in [0.4, 0.5) is 5.69 Å². The number of rotatable bonds is 4. The molecule has 1 heterocycles. The van der Waals surface area contributed by atoms with Crippen LogP contribution in [-0.2, 0) is 10.0 Å². The fourth-order valence-corrected chi connectivity index (χ4v) is 4.72. The second-order valence-electron chi connectivity index (χ2n) is 5.96. The van der Waals surface area contributed by atoms with Gasteiger partial charge in [-0.15, -0.1) is 0 Å². The van der Waals surface area contributed by atoms with Crippen LogP contribution >= 0.6 is 0 Å². The fourth-order valence-electron chi connectivity index (χ4n) is 3.04. The minimum absolute atomic E-state index is 0.0391. The summed E-state index contributed by atoms with van der Waals surface area (Å²) in [5, 5.41) is 10.3. The molecule has 1 aliphatic heterocycles. The highest BCUT2D eigenvalue weighted by Crippen LogP contribution is 2.39. The molecule has 6 nitrogen and oxygen atoms in total. The van der Waals surface area contributed by atoms with Gasteiger partial charge in [-0.2, -0.15) is 0 Å². The molecule has 2 aromatic rings. The Bertz CT molecular complexity index is 894.